The Morgan fingerprint density at radius 1 is 1.10 bits per heavy atom. The average Bonchev–Trinajstić information content (AvgIpc) is 2.52. The van der Waals surface area contributed by atoms with E-state index >= 15 is 0 Å². The van der Waals surface area contributed by atoms with Gasteiger partial charge in [0.25, 0.3) is 0 Å². The standard InChI is InChI=1S/C17H18O4/c1-20-16-9-5-8-15(18)14(16)10-11-17(19)21-12-13-6-3-2-4-7-13/h2-9,18H,10-12H2,1H3. The van der Waals surface area contributed by atoms with Gasteiger partial charge in [-0.25, -0.2) is 0 Å². The number of ether oxygens (including phenoxy) is 2. The zero-order chi connectivity index (χ0) is 15.1. The number of aromatic hydroxyl groups is 1. The van der Waals surface area contributed by atoms with Crippen molar-refractivity contribution in [3.05, 3.63) is 59.7 Å². The smallest absolute Gasteiger partial charge is 0.306 e. The molecule has 0 aliphatic carbocycles. The first-order valence-electron chi connectivity index (χ1n) is 6.75. The SMILES string of the molecule is COc1cccc(O)c1CCC(=O)OCc1ccccc1. The highest BCUT2D eigenvalue weighted by Crippen LogP contribution is 2.28. The van der Waals surface area contributed by atoms with Crippen LogP contribution < -0.4 is 4.74 Å². The van der Waals surface area contributed by atoms with Gasteiger partial charge in [-0.15, -0.1) is 0 Å². The van der Waals surface area contributed by atoms with E-state index in [4.69, 9.17) is 9.47 Å². The number of hydrogen-bond donors (Lipinski definition) is 1. The van der Waals surface area contributed by atoms with Gasteiger partial charge in [-0.3, -0.25) is 4.79 Å². The summed E-state index contributed by atoms with van der Waals surface area (Å²) >= 11 is 0. The molecule has 0 aliphatic heterocycles. The van der Waals surface area contributed by atoms with E-state index in [2.05, 4.69) is 0 Å². The molecule has 0 unspecified atom stereocenters. The van der Waals surface area contributed by atoms with Crippen molar-refractivity contribution in [3.8, 4) is 11.5 Å². The van der Waals surface area contributed by atoms with Gasteiger partial charge in [-0.1, -0.05) is 36.4 Å². The molecule has 0 fully saturated rings. The summed E-state index contributed by atoms with van der Waals surface area (Å²) in [6.07, 6.45) is 0.574. The summed E-state index contributed by atoms with van der Waals surface area (Å²) in [5.74, 6) is 0.403. The zero-order valence-corrected chi connectivity index (χ0v) is 11.9. The summed E-state index contributed by atoms with van der Waals surface area (Å²) < 4.78 is 10.4. The maximum Gasteiger partial charge on any atom is 0.306 e. The normalized spacial score (nSPS) is 10.1. The van der Waals surface area contributed by atoms with E-state index < -0.39 is 0 Å². The van der Waals surface area contributed by atoms with Crippen LogP contribution in [0.5, 0.6) is 11.5 Å². The molecule has 1 N–H and O–H groups in total. The molecule has 2 aromatic carbocycles. The van der Waals surface area contributed by atoms with Crippen molar-refractivity contribution in [3.63, 3.8) is 0 Å². The Bertz CT molecular complexity index is 593. The molecule has 2 aromatic rings. The Hall–Kier alpha value is -2.49. The third-order valence-electron chi connectivity index (χ3n) is 3.15. The third-order valence-corrected chi connectivity index (χ3v) is 3.15. The van der Waals surface area contributed by atoms with Gasteiger partial charge < -0.3 is 14.6 Å². The van der Waals surface area contributed by atoms with Crippen LogP contribution in [0.25, 0.3) is 0 Å². The van der Waals surface area contributed by atoms with E-state index in [1.165, 1.54) is 7.11 Å². The molecule has 4 nitrogen and oxygen atoms in total. The lowest BCUT2D eigenvalue weighted by Gasteiger charge is -2.10. The molecule has 0 radical (unpaired) electrons. The van der Waals surface area contributed by atoms with Gasteiger partial charge in [-0.05, 0) is 24.1 Å². The van der Waals surface area contributed by atoms with Gasteiger partial charge in [0.1, 0.15) is 18.1 Å². The van der Waals surface area contributed by atoms with Crippen LogP contribution in [-0.4, -0.2) is 18.2 Å². The first kappa shape index (κ1) is 14.9. The second-order valence-corrected chi connectivity index (χ2v) is 4.60. The minimum absolute atomic E-state index is 0.130. The summed E-state index contributed by atoms with van der Waals surface area (Å²) in [6.45, 7) is 0.261. The van der Waals surface area contributed by atoms with Crippen LogP contribution >= 0.6 is 0 Å². The van der Waals surface area contributed by atoms with Crippen LogP contribution in [0, 0.1) is 0 Å². The molecular weight excluding hydrogens is 268 g/mol. The van der Waals surface area contributed by atoms with Crippen LogP contribution in [0.4, 0.5) is 0 Å². The minimum Gasteiger partial charge on any atom is -0.508 e. The molecule has 0 aromatic heterocycles. The van der Waals surface area contributed by atoms with E-state index in [0.717, 1.165) is 5.56 Å². The Morgan fingerprint density at radius 3 is 2.57 bits per heavy atom. The predicted octanol–water partition coefficient (Wildman–Crippen LogP) is 3.08. The Balaban J connectivity index is 1.87. The van der Waals surface area contributed by atoms with Crippen LogP contribution in [0.2, 0.25) is 0 Å². The lowest BCUT2D eigenvalue weighted by atomic mass is 10.1. The molecule has 0 aliphatic rings. The minimum atomic E-state index is -0.302. The summed E-state index contributed by atoms with van der Waals surface area (Å²) in [7, 11) is 1.53. The molecule has 0 saturated heterocycles. The summed E-state index contributed by atoms with van der Waals surface area (Å²) in [5.41, 5.74) is 1.57. The third kappa shape index (κ3) is 4.24. The molecule has 21 heavy (non-hydrogen) atoms. The molecule has 4 heteroatoms. The Kier molecular flexibility index (Phi) is 5.21. The van der Waals surface area contributed by atoms with Gasteiger partial charge >= 0.3 is 5.97 Å². The maximum atomic E-state index is 11.8. The fourth-order valence-corrected chi connectivity index (χ4v) is 2.03. The van der Waals surface area contributed by atoms with E-state index in [9.17, 15) is 9.90 Å². The van der Waals surface area contributed by atoms with E-state index in [0.29, 0.717) is 17.7 Å². The fraction of sp³-hybridized carbons (Fsp3) is 0.235. The molecule has 2 rings (SSSR count). The van der Waals surface area contributed by atoms with Crippen LogP contribution in [0.3, 0.4) is 0 Å². The number of hydrogen-bond acceptors (Lipinski definition) is 4. The van der Waals surface area contributed by atoms with Gasteiger partial charge in [0.2, 0.25) is 0 Å². The van der Waals surface area contributed by atoms with Crippen molar-refractivity contribution in [2.24, 2.45) is 0 Å². The van der Waals surface area contributed by atoms with Crippen molar-refractivity contribution < 1.29 is 19.4 Å². The van der Waals surface area contributed by atoms with E-state index in [1.807, 2.05) is 30.3 Å². The van der Waals surface area contributed by atoms with Crippen LogP contribution in [-0.2, 0) is 22.6 Å². The van der Waals surface area contributed by atoms with Crippen molar-refractivity contribution >= 4 is 5.97 Å². The van der Waals surface area contributed by atoms with E-state index in [1.54, 1.807) is 18.2 Å². The zero-order valence-electron chi connectivity index (χ0n) is 11.9. The summed E-state index contributed by atoms with van der Waals surface area (Å²) in [4.78, 5) is 11.8. The van der Waals surface area contributed by atoms with Crippen molar-refractivity contribution in [2.75, 3.05) is 7.11 Å². The van der Waals surface area contributed by atoms with Gasteiger partial charge in [0.05, 0.1) is 7.11 Å². The van der Waals surface area contributed by atoms with E-state index in [-0.39, 0.29) is 24.7 Å². The molecule has 0 saturated carbocycles. The Labute approximate surface area is 123 Å². The Morgan fingerprint density at radius 2 is 1.86 bits per heavy atom. The highest BCUT2D eigenvalue weighted by molar-refractivity contribution is 5.70. The number of esters is 1. The van der Waals surface area contributed by atoms with Gasteiger partial charge in [-0.2, -0.15) is 0 Å². The second kappa shape index (κ2) is 7.33. The molecule has 0 amide bonds. The average molecular weight is 286 g/mol. The molecular formula is C17H18O4. The van der Waals surface area contributed by atoms with Crippen LogP contribution in [0.15, 0.2) is 48.5 Å². The number of carbonyl (C=O) groups is 1. The van der Waals surface area contributed by atoms with Crippen molar-refractivity contribution in [1.82, 2.24) is 0 Å². The number of methoxy groups -OCH3 is 1. The van der Waals surface area contributed by atoms with Crippen LogP contribution in [0.1, 0.15) is 17.5 Å². The molecule has 0 heterocycles. The molecule has 0 atom stereocenters. The maximum absolute atomic E-state index is 11.8. The largest absolute Gasteiger partial charge is 0.508 e. The van der Waals surface area contributed by atoms with Gasteiger partial charge in [0, 0.05) is 12.0 Å². The highest BCUT2D eigenvalue weighted by Gasteiger charge is 2.11. The quantitative estimate of drug-likeness (QED) is 0.829. The first-order chi connectivity index (χ1) is 10.2. The predicted molar refractivity (Wildman–Crippen MR) is 79.2 cm³/mol. The molecule has 110 valence electrons. The number of benzene rings is 2. The molecule has 0 bridgehead atoms. The van der Waals surface area contributed by atoms with Crippen molar-refractivity contribution in [2.45, 2.75) is 19.4 Å². The van der Waals surface area contributed by atoms with Gasteiger partial charge in [0.15, 0.2) is 0 Å². The fourth-order valence-electron chi connectivity index (χ4n) is 2.03. The summed E-state index contributed by atoms with van der Waals surface area (Å²) in [6, 6.07) is 14.5. The monoisotopic (exact) mass is 286 g/mol. The summed E-state index contributed by atoms with van der Waals surface area (Å²) in [5, 5.41) is 9.81. The number of phenols is 1. The second-order valence-electron chi connectivity index (χ2n) is 4.60. The topological polar surface area (TPSA) is 55.8 Å². The lowest BCUT2D eigenvalue weighted by Crippen LogP contribution is -2.06. The highest BCUT2D eigenvalue weighted by atomic mass is 16.5. The lowest BCUT2D eigenvalue weighted by molar-refractivity contribution is -0.144. The number of rotatable bonds is 6. The number of carbonyl (C=O) groups excluding carboxylic acids is 1. The molecule has 0 spiro atoms. The number of phenolic OH excluding ortho intramolecular Hbond substituents is 1. The first-order valence-corrected chi connectivity index (χ1v) is 6.75. The van der Waals surface area contributed by atoms with Crippen molar-refractivity contribution in [1.29, 1.82) is 0 Å².